The number of ether oxygens (including phenoxy) is 1. The highest BCUT2D eigenvalue weighted by atomic mass is 32.1. The number of methoxy groups -OCH3 is 1. The molecule has 1 aliphatic carbocycles. The van der Waals surface area contributed by atoms with Crippen LogP contribution in [-0.4, -0.2) is 19.1 Å². The lowest BCUT2D eigenvalue weighted by Gasteiger charge is -2.36. The van der Waals surface area contributed by atoms with Crippen LogP contribution in [0.25, 0.3) is 0 Å². The maximum Gasteiger partial charge on any atom is 0.411 e. The zero-order chi connectivity index (χ0) is 16.5. The predicted molar refractivity (Wildman–Crippen MR) is 88.5 cm³/mol. The van der Waals surface area contributed by atoms with Crippen LogP contribution in [0.5, 0.6) is 0 Å². The van der Waals surface area contributed by atoms with Gasteiger partial charge in [-0.05, 0) is 36.2 Å². The molecule has 0 saturated carbocycles. The van der Waals surface area contributed by atoms with Crippen LogP contribution in [0.3, 0.4) is 0 Å². The Morgan fingerprint density at radius 3 is 2.68 bits per heavy atom. The number of carbonyl (C=O) groups is 2. The summed E-state index contributed by atoms with van der Waals surface area (Å²) in [6.45, 7) is 6.79. The fourth-order valence-electron chi connectivity index (χ4n) is 3.03. The van der Waals surface area contributed by atoms with Gasteiger partial charge in [0.25, 0.3) is 5.91 Å². The molecule has 0 saturated heterocycles. The number of nitrogens with one attached hydrogen (secondary N) is 1. The molecule has 1 atom stereocenters. The first kappa shape index (κ1) is 16.8. The normalized spacial score (nSPS) is 17.7. The number of thiophene rings is 1. The second-order valence-electron chi connectivity index (χ2n) is 6.47. The first-order valence-corrected chi connectivity index (χ1v) is 8.41. The second kappa shape index (κ2) is 6.28. The fraction of sp³-hybridized carbons (Fsp3) is 0.625. The van der Waals surface area contributed by atoms with Gasteiger partial charge in [-0.2, -0.15) is 0 Å². The third kappa shape index (κ3) is 3.11. The molecule has 0 fully saturated rings. The third-order valence-electron chi connectivity index (χ3n) is 4.93. The fourth-order valence-corrected chi connectivity index (χ4v) is 4.35. The number of carbonyl (C=O) groups excluding carboxylic acids is 2. The number of primary amides is 1. The molecule has 1 aromatic heterocycles. The Morgan fingerprint density at radius 1 is 1.45 bits per heavy atom. The van der Waals surface area contributed by atoms with E-state index in [0.29, 0.717) is 16.5 Å². The molecule has 0 aliphatic heterocycles. The monoisotopic (exact) mass is 324 g/mol. The predicted octanol–water partition coefficient (Wildman–Crippen LogP) is 3.57. The molecule has 6 heteroatoms. The highest BCUT2D eigenvalue weighted by Gasteiger charge is 2.34. The van der Waals surface area contributed by atoms with Crippen LogP contribution in [0.1, 0.15) is 54.4 Å². The lowest BCUT2D eigenvalue weighted by molar-refractivity contribution is 0.1000. The maximum absolute atomic E-state index is 11.8. The first-order chi connectivity index (χ1) is 10.3. The van der Waals surface area contributed by atoms with Crippen LogP contribution in [0, 0.1) is 11.3 Å². The molecule has 0 radical (unpaired) electrons. The maximum atomic E-state index is 11.8. The van der Waals surface area contributed by atoms with E-state index in [2.05, 4.69) is 30.8 Å². The molecular formula is C16H24N2O3S. The zero-order valence-electron chi connectivity index (χ0n) is 13.6. The van der Waals surface area contributed by atoms with E-state index in [1.54, 1.807) is 0 Å². The summed E-state index contributed by atoms with van der Waals surface area (Å²) in [5.74, 6) is 0.0902. The number of amides is 2. The summed E-state index contributed by atoms with van der Waals surface area (Å²) in [5, 5.41) is 3.14. The van der Waals surface area contributed by atoms with Gasteiger partial charge in [0.1, 0.15) is 5.00 Å². The van der Waals surface area contributed by atoms with Crippen molar-refractivity contribution in [1.29, 1.82) is 0 Å². The molecule has 0 bridgehead atoms. The highest BCUT2D eigenvalue weighted by Crippen LogP contribution is 2.45. The van der Waals surface area contributed by atoms with Gasteiger partial charge in [0, 0.05) is 4.88 Å². The van der Waals surface area contributed by atoms with Crippen LogP contribution in [0.4, 0.5) is 9.80 Å². The van der Waals surface area contributed by atoms with Gasteiger partial charge >= 0.3 is 6.09 Å². The lowest BCUT2D eigenvalue weighted by atomic mass is 9.69. The van der Waals surface area contributed by atoms with E-state index >= 15 is 0 Å². The summed E-state index contributed by atoms with van der Waals surface area (Å²) in [4.78, 5) is 24.4. The lowest BCUT2D eigenvalue weighted by Crippen LogP contribution is -2.29. The van der Waals surface area contributed by atoms with Crippen LogP contribution >= 0.6 is 11.3 Å². The van der Waals surface area contributed by atoms with E-state index < -0.39 is 12.0 Å². The summed E-state index contributed by atoms with van der Waals surface area (Å²) < 4.78 is 4.62. The van der Waals surface area contributed by atoms with Crippen LogP contribution in [0.2, 0.25) is 0 Å². The Balaban J connectivity index is 2.35. The van der Waals surface area contributed by atoms with Crippen molar-refractivity contribution >= 4 is 28.3 Å². The quantitative estimate of drug-likeness (QED) is 0.888. The molecule has 1 aliphatic rings. The van der Waals surface area contributed by atoms with Crippen LogP contribution in [-0.2, 0) is 17.6 Å². The Bertz CT molecular complexity index is 592. The van der Waals surface area contributed by atoms with Gasteiger partial charge in [-0.1, -0.05) is 27.2 Å². The van der Waals surface area contributed by atoms with E-state index in [9.17, 15) is 9.59 Å². The Labute approximate surface area is 135 Å². The molecule has 5 nitrogen and oxygen atoms in total. The van der Waals surface area contributed by atoms with Gasteiger partial charge in [-0.3, -0.25) is 10.1 Å². The summed E-state index contributed by atoms with van der Waals surface area (Å²) in [5.41, 5.74) is 7.25. The number of rotatable bonds is 4. The largest absolute Gasteiger partial charge is 0.453 e. The van der Waals surface area contributed by atoms with E-state index in [1.165, 1.54) is 18.4 Å². The number of anilines is 1. The number of fused-ring (bicyclic) bond motifs is 1. The van der Waals surface area contributed by atoms with Gasteiger partial charge in [0.2, 0.25) is 0 Å². The van der Waals surface area contributed by atoms with E-state index in [4.69, 9.17) is 5.73 Å². The van der Waals surface area contributed by atoms with E-state index in [-0.39, 0.29) is 5.41 Å². The first-order valence-electron chi connectivity index (χ1n) is 7.59. The molecule has 2 amide bonds. The third-order valence-corrected chi connectivity index (χ3v) is 6.10. The minimum atomic E-state index is -0.577. The van der Waals surface area contributed by atoms with Crippen molar-refractivity contribution in [2.24, 2.45) is 17.1 Å². The molecule has 3 N–H and O–H groups in total. The summed E-state index contributed by atoms with van der Waals surface area (Å²) in [7, 11) is 1.30. The molecule has 2 rings (SSSR count). The average Bonchev–Trinajstić information content (AvgIpc) is 2.83. The average molecular weight is 324 g/mol. The molecule has 0 aromatic carbocycles. The van der Waals surface area contributed by atoms with Crippen molar-refractivity contribution < 1.29 is 14.3 Å². The van der Waals surface area contributed by atoms with Crippen molar-refractivity contribution in [2.75, 3.05) is 12.4 Å². The molecule has 1 aromatic rings. The van der Waals surface area contributed by atoms with E-state index in [1.807, 2.05) is 0 Å². The van der Waals surface area contributed by atoms with Crippen molar-refractivity contribution in [3.8, 4) is 0 Å². The van der Waals surface area contributed by atoms with Crippen LogP contribution < -0.4 is 11.1 Å². The van der Waals surface area contributed by atoms with E-state index in [0.717, 1.165) is 36.1 Å². The molecule has 0 spiro atoms. The second-order valence-corrected chi connectivity index (χ2v) is 7.58. The van der Waals surface area contributed by atoms with Gasteiger partial charge in [-0.25, -0.2) is 4.79 Å². The van der Waals surface area contributed by atoms with Gasteiger partial charge in [0.05, 0.1) is 12.7 Å². The topological polar surface area (TPSA) is 81.4 Å². The van der Waals surface area contributed by atoms with Crippen molar-refractivity contribution in [1.82, 2.24) is 0 Å². The minimum Gasteiger partial charge on any atom is -0.453 e. The van der Waals surface area contributed by atoms with Crippen molar-refractivity contribution in [2.45, 2.75) is 46.5 Å². The zero-order valence-corrected chi connectivity index (χ0v) is 14.4. The minimum absolute atomic E-state index is 0.268. The van der Waals surface area contributed by atoms with Gasteiger partial charge in [0.15, 0.2) is 0 Å². The van der Waals surface area contributed by atoms with Crippen molar-refractivity contribution in [3.05, 3.63) is 16.0 Å². The SMILES string of the molecule is CCC(C)(C)[C@@H]1CCc2c(sc(NC(=O)OC)c2C(N)=O)C1. The Hall–Kier alpha value is -1.56. The van der Waals surface area contributed by atoms with Gasteiger partial charge < -0.3 is 10.5 Å². The number of hydrogen-bond donors (Lipinski definition) is 2. The summed E-state index contributed by atoms with van der Waals surface area (Å²) in [6, 6.07) is 0. The summed E-state index contributed by atoms with van der Waals surface area (Å²) >= 11 is 1.45. The van der Waals surface area contributed by atoms with Crippen molar-refractivity contribution in [3.63, 3.8) is 0 Å². The molecule has 0 unspecified atom stereocenters. The molecule has 1 heterocycles. The smallest absolute Gasteiger partial charge is 0.411 e. The number of nitrogens with two attached hydrogens (primary N) is 1. The van der Waals surface area contributed by atoms with Gasteiger partial charge in [-0.15, -0.1) is 11.3 Å². The molecule has 22 heavy (non-hydrogen) atoms. The highest BCUT2D eigenvalue weighted by molar-refractivity contribution is 7.17. The number of hydrogen-bond acceptors (Lipinski definition) is 4. The molecular weight excluding hydrogens is 300 g/mol. The van der Waals surface area contributed by atoms with Crippen LogP contribution in [0.15, 0.2) is 0 Å². The molecule has 122 valence electrons. The standard InChI is InChI=1S/C16H24N2O3S/c1-5-16(2,3)9-6-7-10-11(8-9)22-14(12(10)13(17)19)18-15(20)21-4/h9H,5-8H2,1-4H3,(H2,17,19)(H,18,20)/t9-/m1/s1. The summed E-state index contributed by atoms with van der Waals surface area (Å²) in [6.07, 6.45) is 3.36. The Kier molecular flexibility index (Phi) is 4.80. The Morgan fingerprint density at radius 2 is 2.14 bits per heavy atom.